The topological polar surface area (TPSA) is 71.5 Å². The van der Waals surface area contributed by atoms with E-state index < -0.39 is 5.60 Å². The maximum absolute atomic E-state index is 12.9. The molecule has 5 heteroatoms. The first-order valence-corrected chi connectivity index (χ1v) is 12.2. The lowest BCUT2D eigenvalue weighted by molar-refractivity contribution is -0.0574. The number of aliphatic hydroxyl groups is 1. The van der Waals surface area contributed by atoms with E-state index in [1.807, 2.05) is 31.2 Å². The van der Waals surface area contributed by atoms with E-state index in [4.69, 9.17) is 4.74 Å². The Bertz CT molecular complexity index is 1020. The highest BCUT2D eigenvalue weighted by atomic mass is 16.5. The molecule has 2 saturated carbocycles. The fourth-order valence-corrected chi connectivity index (χ4v) is 6.17. The van der Waals surface area contributed by atoms with Gasteiger partial charge < -0.3 is 15.2 Å². The maximum atomic E-state index is 12.9. The number of carbonyl (C=O) groups excluding carboxylic acids is 1. The molecule has 170 valence electrons. The molecule has 3 atom stereocenters. The number of amides is 1. The van der Waals surface area contributed by atoms with Crippen LogP contribution in [0.25, 0.3) is 0 Å². The molecular weight excluding hydrogens is 400 g/mol. The van der Waals surface area contributed by atoms with Crippen LogP contribution in [0, 0.1) is 18.8 Å². The monoisotopic (exact) mass is 434 g/mol. The van der Waals surface area contributed by atoms with Gasteiger partial charge in [-0.3, -0.25) is 9.78 Å². The number of benzene rings is 1. The highest BCUT2D eigenvalue weighted by Crippen LogP contribution is 2.56. The van der Waals surface area contributed by atoms with Crippen LogP contribution in [0.3, 0.4) is 0 Å². The number of ether oxygens (including phenoxy) is 1. The van der Waals surface area contributed by atoms with Crippen LogP contribution < -0.4 is 10.1 Å². The van der Waals surface area contributed by atoms with Crippen molar-refractivity contribution in [3.8, 4) is 5.75 Å². The molecule has 1 amide bonds. The summed E-state index contributed by atoms with van der Waals surface area (Å²) in [6.07, 6.45) is 9.91. The Labute approximate surface area is 190 Å². The summed E-state index contributed by atoms with van der Waals surface area (Å²) in [5, 5.41) is 14.3. The van der Waals surface area contributed by atoms with Gasteiger partial charge in [-0.2, -0.15) is 0 Å². The first kappa shape index (κ1) is 21.4. The minimum absolute atomic E-state index is 0.0105. The molecule has 3 aliphatic rings. The summed E-state index contributed by atoms with van der Waals surface area (Å²) in [6.45, 7) is 4.78. The average Bonchev–Trinajstić information content (AvgIpc) is 3.60. The van der Waals surface area contributed by atoms with Crippen LogP contribution in [0.1, 0.15) is 79.9 Å². The minimum atomic E-state index is -0.517. The summed E-state index contributed by atoms with van der Waals surface area (Å²) in [7, 11) is 0. The maximum Gasteiger partial charge on any atom is 0.255 e. The fourth-order valence-electron chi connectivity index (χ4n) is 6.17. The molecule has 2 aliphatic carbocycles. The van der Waals surface area contributed by atoms with Crippen molar-refractivity contribution in [3.05, 3.63) is 53.3 Å². The van der Waals surface area contributed by atoms with Gasteiger partial charge in [0.05, 0.1) is 23.6 Å². The summed E-state index contributed by atoms with van der Waals surface area (Å²) in [5.74, 6) is 1.82. The normalized spacial score (nSPS) is 29.3. The number of fused-ring (bicyclic) bond motifs is 3. The fraction of sp³-hybridized carbons (Fsp3) is 0.556. The van der Waals surface area contributed by atoms with E-state index in [0.29, 0.717) is 18.1 Å². The van der Waals surface area contributed by atoms with Gasteiger partial charge in [0.2, 0.25) is 0 Å². The lowest BCUT2D eigenvalue weighted by Crippen LogP contribution is -2.47. The number of nitrogens with zero attached hydrogens (tertiary/aromatic N) is 1. The number of pyridine rings is 1. The van der Waals surface area contributed by atoms with Crippen LogP contribution in [0.5, 0.6) is 5.75 Å². The van der Waals surface area contributed by atoms with Gasteiger partial charge >= 0.3 is 0 Å². The van der Waals surface area contributed by atoms with Crippen molar-refractivity contribution in [2.24, 2.45) is 11.8 Å². The standard InChI is InChI=1S/C27H34N2O3/c1-3-27-12-11-26(31,16-19-6-7-19)17-21(27)10-14-32-24-15-20(8-9-22(24)27)25(30)29-23-5-4-13-28-18(23)2/h4-5,8-9,13,15,19,21,31H,3,6-7,10-12,14,16-17H2,1-2H3,(H,29,30)/t21-,26-,27+/m1/s1. The van der Waals surface area contributed by atoms with Crippen LogP contribution in [0.4, 0.5) is 5.69 Å². The van der Waals surface area contributed by atoms with Crippen LogP contribution >= 0.6 is 0 Å². The Morgan fingerprint density at radius 1 is 1.25 bits per heavy atom. The van der Waals surface area contributed by atoms with Crippen molar-refractivity contribution in [3.63, 3.8) is 0 Å². The number of rotatable bonds is 5. The lowest BCUT2D eigenvalue weighted by atomic mass is 9.56. The van der Waals surface area contributed by atoms with Crippen molar-refractivity contribution >= 4 is 11.6 Å². The zero-order chi connectivity index (χ0) is 22.3. The SMILES string of the molecule is CC[C@]12CC[C@@](O)(CC3CC3)C[C@H]1CCOc1cc(C(=O)Nc3cccnc3C)ccc12. The van der Waals surface area contributed by atoms with Crippen molar-refractivity contribution in [1.82, 2.24) is 4.98 Å². The van der Waals surface area contributed by atoms with Gasteiger partial charge in [-0.1, -0.05) is 25.8 Å². The molecule has 0 saturated heterocycles. The van der Waals surface area contributed by atoms with E-state index in [9.17, 15) is 9.90 Å². The third kappa shape index (κ3) is 3.92. The van der Waals surface area contributed by atoms with Gasteiger partial charge in [0.15, 0.2) is 0 Å². The number of aromatic nitrogens is 1. The Morgan fingerprint density at radius 2 is 2.09 bits per heavy atom. The molecule has 0 bridgehead atoms. The average molecular weight is 435 g/mol. The van der Waals surface area contributed by atoms with Gasteiger partial charge in [-0.05, 0) is 81.5 Å². The van der Waals surface area contributed by atoms with Gasteiger partial charge in [0.1, 0.15) is 5.75 Å². The van der Waals surface area contributed by atoms with E-state index in [1.54, 1.807) is 6.20 Å². The number of carbonyl (C=O) groups is 1. The molecule has 5 nitrogen and oxygen atoms in total. The Balaban J connectivity index is 1.42. The van der Waals surface area contributed by atoms with Crippen molar-refractivity contribution in [1.29, 1.82) is 0 Å². The number of aryl methyl sites for hydroxylation is 1. The van der Waals surface area contributed by atoms with Gasteiger partial charge in [0.25, 0.3) is 5.91 Å². The first-order valence-electron chi connectivity index (χ1n) is 12.2. The van der Waals surface area contributed by atoms with Crippen molar-refractivity contribution in [2.45, 2.75) is 76.2 Å². The predicted octanol–water partition coefficient (Wildman–Crippen LogP) is 5.40. The largest absolute Gasteiger partial charge is 0.493 e. The Morgan fingerprint density at radius 3 is 2.84 bits per heavy atom. The molecule has 2 N–H and O–H groups in total. The number of hydrogen-bond donors (Lipinski definition) is 2. The zero-order valence-corrected chi connectivity index (χ0v) is 19.2. The van der Waals surface area contributed by atoms with E-state index in [-0.39, 0.29) is 11.3 Å². The highest BCUT2D eigenvalue weighted by Gasteiger charge is 2.51. The van der Waals surface area contributed by atoms with Gasteiger partial charge in [-0.25, -0.2) is 0 Å². The summed E-state index contributed by atoms with van der Waals surface area (Å²) >= 11 is 0. The predicted molar refractivity (Wildman–Crippen MR) is 125 cm³/mol. The summed E-state index contributed by atoms with van der Waals surface area (Å²) in [4.78, 5) is 17.2. The number of anilines is 1. The third-order valence-electron chi connectivity index (χ3n) is 8.20. The molecule has 2 fully saturated rings. The molecule has 2 aromatic rings. The second-order valence-electron chi connectivity index (χ2n) is 10.2. The Hall–Kier alpha value is -2.40. The second-order valence-corrected chi connectivity index (χ2v) is 10.2. The molecular formula is C27H34N2O3. The molecule has 0 unspecified atom stereocenters. The zero-order valence-electron chi connectivity index (χ0n) is 19.2. The highest BCUT2D eigenvalue weighted by molar-refractivity contribution is 6.04. The summed E-state index contributed by atoms with van der Waals surface area (Å²) < 4.78 is 6.22. The van der Waals surface area contributed by atoms with Gasteiger partial charge in [-0.15, -0.1) is 0 Å². The molecule has 2 heterocycles. The van der Waals surface area contributed by atoms with Crippen molar-refractivity contribution in [2.75, 3.05) is 11.9 Å². The summed E-state index contributed by atoms with van der Waals surface area (Å²) in [6, 6.07) is 9.62. The molecule has 0 radical (unpaired) electrons. The molecule has 0 spiro atoms. The molecule has 1 aromatic heterocycles. The smallest absolute Gasteiger partial charge is 0.255 e. The lowest BCUT2D eigenvalue weighted by Gasteiger charge is -2.49. The van der Waals surface area contributed by atoms with E-state index in [1.165, 1.54) is 18.4 Å². The van der Waals surface area contributed by atoms with Gasteiger partial charge in [0, 0.05) is 22.7 Å². The van der Waals surface area contributed by atoms with Crippen LogP contribution in [-0.2, 0) is 5.41 Å². The van der Waals surface area contributed by atoms with E-state index >= 15 is 0 Å². The number of nitrogens with one attached hydrogen (secondary N) is 1. The Kier molecular flexibility index (Phi) is 5.48. The van der Waals surface area contributed by atoms with Crippen LogP contribution in [0.2, 0.25) is 0 Å². The quantitative estimate of drug-likeness (QED) is 0.661. The molecule has 1 aliphatic heterocycles. The second kappa shape index (κ2) is 8.18. The van der Waals surface area contributed by atoms with Crippen LogP contribution in [0.15, 0.2) is 36.5 Å². The van der Waals surface area contributed by atoms with Crippen LogP contribution in [-0.4, -0.2) is 28.2 Å². The molecule has 1 aromatic carbocycles. The summed E-state index contributed by atoms with van der Waals surface area (Å²) in [5.41, 5.74) is 2.82. The first-order chi connectivity index (χ1) is 15.4. The van der Waals surface area contributed by atoms with E-state index in [2.05, 4.69) is 23.3 Å². The minimum Gasteiger partial charge on any atom is -0.493 e. The van der Waals surface area contributed by atoms with E-state index in [0.717, 1.165) is 61.6 Å². The third-order valence-corrected chi connectivity index (χ3v) is 8.20. The van der Waals surface area contributed by atoms with Crippen molar-refractivity contribution < 1.29 is 14.6 Å². The molecule has 5 rings (SSSR count). The number of hydrogen-bond acceptors (Lipinski definition) is 4. The molecule has 32 heavy (non-hydrogen) atoms.